The van der Waals surface area contributed by atoms with Crippen LogP contribution in [0.2, 0.25) is 0 Å². The molecule has 2 aliphatic carbocycles. The van der Waals surface area contributed by atoms with Crippen molar-refractivity contribution in [2.75, 3.05) is 16.8 Å². The predicted octanol–water partition coefficient (Wildman–Crippen LogP) is 4.32. The molecule has 5 rings (SSSR count). The number of carbonyl (C=O) groups is 2. The summed E-state index contributed by atoms with van der Waals surface area (Å²) < 4.78 is 5.80. The molecule has 1 unspecified atom stereocenters. The lowest BCUT2D eigenvalue weighted by Gasteiger charge is -2.33. The van der Waals surface area contributed by atoms with Crippen LogP contribution in [-0.4, -0.2) is 24.3 Å². The first kappa shape index (κ1) is 19.0. The Balaban J connectivity index is 1.57. The Morgan fingerprint density at radius 3 is 2.73 bits per heavy atom. The van der Waals surface area contributed by atoms with Gasteiger partial charge in [0.05, 0.1) is 24.2 Å². The molecule has 2 heterocycles. The zero-order valence-electron chi connectivity index (χ0n) is 17.0. The Kier molecular flexibility index (Phi) is 5.07. The summed E-state index contributed by atoms with van der Waals surface area (Å²) in [4.78, 5) is 28.1. The van der Waals surface area contributed by atoms with Crippen molar-refractivity contribution >= 4 is 23.1 Å². The SMILES string of the molecule is O=C(CN1c2ccccc2NC2=C(C(=O)CCC2)C1c1ccco1)NC1CCCC1. The number of hydrogen-bond acceptors (Lipinski definition) is 5. The molecule has 6 heteroatoms. The van der Waals surface area contributed by atoms with Gasteiger partial charge in [-0.25, -0.2) is 0 Å². The normalized spacial score (nSPS) is 21.7. The lowest BCUT2D eigenvalue weighted by Crippen LogP contribution is -2.43. The molecule has 0 bridgehead atoms. The van der Waals surface area contributed by atoms with Gasteiger partial charge in [0, 0.05) is 23.7 Å². The van der Waals surface area contributed by atoms with Crippen LogP contribution in [0.3, 0.4) is 0 Å². The maximum absolute atomic E-state index is 13.1. The number of amides is 1. The van der Waals surface area contributed by atoms with Crippen LogP contribution < -0.4 is 15.5 Å². The minimum Gasteiger partial charge on any atom is -0.467 e. The van der Waals surface area contributed by atoms with Crippen LogP contribution in [0.15, 0.2) is 58.3 Å². The second-order valence-electron chi connectivity index (χ2n) is 8.41. The van der Waals surface area contributed by atoms with E-state index in [9.17, 15) is 9.59 Å². The van der Waals surface area contributed by atoms with Crippen LogP contribution in [0.25, 0.3) is 0 Å². The van der Waals surface area contributed by atoms with Crippen LogP contribution in [0.1, 0.15) is 56.7 Å². The molecule has 2 aromatic rings. The first-order chi connectivity index (χ1) is 14.7. The maximum atomic E-state index is 13.1. The molecule has 1 atom stereocenters. The molecule has 6 nitrogen and oxygen atoms in total. The summed E-state index contributed by atoms with van der Waals surface area (Å²) in [6.45, 7) is 0.171. The van der Waals surface area contributed by atoms with Crippen molar-refractivity contribution in [3.63, 3.8) is 0 Å². The summed E-state index contributed by atoms with van der Waals surface area (Å²) in [5.74, 6) is 0.796. The molecular weight excluding hydrogens is 378 g/mol. The highest BCUT2D eigenvalue weighted by molar-refractivity contribution is 6.01. The van der Waals surface area contributed by atoms with E-state index in [0.717, 1.165) is 48.3 Å². The van der Waals surface area contributed by atoms with Crippen molar-refractivity contribution in [3.05, 3.63) is 59.7 Å². The number of fused-ring (bicyclic) bond motifs is 1. The quantitative estimate of drug-likeness (QED) is 0.792. The first-order valence-electron chi connectivity index (χ1n) is 10.9. The number of benzene rings is 1. The third kappa shape index (κ3) is 3.51. The number of nitrogens with zero attached hydrogens (tertiary/aromatic N) is 1. The van der Waals surface area contributed by atoms with Gasteiger partial charge < -0.3 is 20.0 Å². The minimum absolute atomic E-state index is 0.0134. The average molecular weight is 405 g/mol. The monoisotopic (exact) mass is 405 g/mol. The number of furan rings is 1. The molecular formula is C24H27N3O3. The van der Waals surface area contributed by atoms with Gasteiger partial charge in [-0.15, -0.1) is 0 Å². The molecule has 0 spiro atoms. The number of carbonyl (C=O) groups excluding carboxylic acids is 2. The smallest absolute Gasteiger partial charge is 0.239 e. The van der Waals surface area contributed by atoms with Crippen molar-refractivity contribution in [2.45, 2.75) is 57.0 Å². The van der Waals surface area contributed by atoms with E-state index in [2.05, 4.69) is 10.6 Å². The number of Topliss-reactive ketones (excluding diaryl/α,β-unsaturated/α-hetero) is 1. The summed E-state index contributed by atoms with van der Waals surface area (Å²) in [5.41, 5.74) is 3.49. The second kappa shape index (κ2) is 8.01. The summed E-state index contributed by atoms with van der Waals surface area (Å²) in [6.07, 6.45) is 8.22. The Morgan fingerprint density at radius 1 is 1.10 bits per heavy atom. The third-order valence-electron chi connectivity index (χ3n) is 6.39. The number of allylic oxidation sites excluding steroid dienone is 1. The van der Waals surface area contributed by atoms with Gasteiger partial charge in [0.25, 0.3) is 0 Å². The zero-order chi connectivity index (χ0) is 20.5. The summed E-state index contributed by atoms with van der Waals surface area (Å²) >= 11 is 0. The lowest BCUT2D eigenvalue weighted by molar-refractivity contribution is -0.121. The summed E-state index contributed by atoms with van der Waals surface area (Å²) in [6, 6.07) is 11.5. The highest BCUT2D eigenvalue weighted by Crippen LogP contribution is 2.44. The van der Waals surface area contributed by atoms with Crippen molar-refractivity contribution < 1.29 is 14.0 Å². The van der Waals surface area contributed by atoms with E-state index in [1.165, 1.54) is 12.8 Å². The number of nitrogens with one attached hydrogen (secondary N) is 2. The van der Waals surface area contributed by atoms with Gasteiger partial charge in [0.2, 0.25) is 5.91 Å². The fraction of sp³-hybridized carbons (Fsp3) is 0.417. The van der Waals surface area contributed by atoms with Crippen LogP contribution in [0, 0.1) is 0 Å². The van der Waals surface area contributed by atoms with Gasteiger partial charge in [-0.2, -0.15) is 0 Å². The molecule has 2 N–H and O–H groups in total. The highest BCUT2D eigenvalue weighted by atomic mass is 16.3. The van der Waals surface area contributed by atoms with Gasteiger partial charge >= 0.3 is 0 Å². The van der Waals surface area contributed by atoms with Crippen LogP contribution in [0.4, 0.5) is 11.4 Å². The highest BCUT2D eigenvalue weighted by Gasteiger charge is 2.39. The molecule has 1 aromatic heterocycles. The Bertz CT molecular complexity index is 973. The van der Waals surface area contributed by atoms with Gasteiger partial charge in [0.15, 0.2) is 5.78 Å². The van der Waals surface area contributed by atoms with E-state index >= 15 is 0 Å². The van der Waals surface area contributed by atoms with Crippen LogP contribution >= 0.6 is 0 Å². The van der Waals surface area contributed by atoms with Gasteiger partial charge in [-0.1, -0.05) is 25.0 Å². The van der Waals surface area contributed by atoms with Gasteiger partial charge in [-0.05, 0) is 49.9 Å². The number of anilines is 2. The first-order valence-corrected chi connectivity index (χ1v) is 10.9. The summed E-state index contributed by atoms with van der Waals surface area (Å²) in [7, 11) is 0. The molecule has 1 amide bonds. The molecule has 1 aromatic carbocycles. The zero-order valence-corrected chi connectivity index (χ0v) is 17.0. The van der Waals surface area contributed by atoms with E-state index in [4.69, 9.17) is 4.42 Å². The molecule has 1 aliphatic heterocycles. The van der Waals surface area contributed by atoms with Gasteiger partial charge in [-0.3, -0.25) is 9.59 Å². The minimum atomic E-state index is -0.423. The Hall–Kier alpha value is -3.02. The van der Waals surface area contributed by atoms with Crippen molar-refractivity contribution in [3.8, 4) is 0 Å². The van der Waals surface area contributed by atoms with E-state index in [-0.39, 0.29) is 24.3 Å². The predicted molar refractivity (Wildman–Crippen MR) is 115 cm³/mol. The van der Waals surface area contributed by atoms with Gasteiger partial charge in [0.1, 0.15) is 11.8 Å². The number of hydrogen-bond donors (Lipinski definition) is 2. The van der Waals surface area contributed by atoms with E-state index in [1.807, 2.05) is 41.3 Å². The molecule has 0 radical (unpaired) electrons. The Labute approximate surface area is 176 Å². The second-order valence-corrected chi connectivity index (χ2v) is 8.41. The largest absolute Gasteiger partial charge is 0.467 e. The Morgan fingerprint density at radius 2 is 1.93 bits per heavy atom. The van der Waals surface area contributed by atoms with Crippen molar-refractivity contribution in [2.24, 2.45) is 0 Å². The summed E-state index contributed by atoms with van der Waals surface area (Å²) in [5, 5.41) is 6.70. The van der Waals surface area contributed by atoms with Crippen molar-refractivity contribution in [1.29, 1.82) is 0 Å². The van der Waals surface area contributed by atoms with Crippen molar-refractivity contribution in [1.82, 2.24) is 5.32 Å². The topological polar surface area (TPSA) is 74.6 Å². The molecule has 3 aliphatic rings. The average Bonchev–Trinajstić information content (AvgIpc) is 3.42. The van der Waals surface area contributed by atoms with Crippen LogP contribution in [-0.2, 0) is 9.59 Å². The van der Waals surface area contributed by atoms with E-state index < -0.39 is 6.04 Å². The fourth-order valence-corrected chi connectivity index (χ4v) is 5.02. The molecule has 0 saturated heterocycles. The number of rotatable bonds is 4. The third-order valence-corrected chi connectivity index (χ3v) is 6.39. The maximum Gasteiger partial charge on any atom is 0.239 e. The standard InChI is InChI=1S/C24H27N3O3/c28-20-12-5-10-18-23(20)24(21-13-6-14-30-21)27(19-11-4-3-9-17(19)26-18)15-22(29)25-16-7-1-2-8-16/h3-4,6,9,11,13-14,16,24,26H,1-2,5,7-8,10,12,15H2,(H,25,29). The number of para-hydroxylation sites is 2. The molecule has 30 heavy (non-hydrogen) atoms. The molecule has 1 fully saturated rings. The fourth-order valence-electron chi connectivity index (χ4n) is 5.02. The number of ketones is 1. The van der Waals surface area contributed by atoms with E-state index in [0.29, 0.717) is 12.2 Å². The molecule has 1 saturated carbocycles. The van der Waals surface area contributed by atoms with Crippen LogP contribution in [0.5, 0.6) is 0 Å². The van der Waals surface area contributed by atoms with E-state index in [1.54, 1.807) is 6.26 Å². The lowest BCUT2D eigenvalue weighted by atomic mass is 9.88. The molecule has 156 valence electrons.